The molecule has 5 aromatic heterocycles. The van der Waals surface area contributed by atoms with Gasteiger partial charge in [-0.3, -0.25) is 0 Å². The van der Waals surface area contributed by atoms with Gasteiger partial charge in [0.25, 0.3) is 0 Å². The lowest BCUT2D eigenvalue weighted by Crippen LogP contribution is -2.01. The first-order valence-electron chi connectivity index (χ1n) is 24.2. The average Bonchev–Trinajstić information content (AvgIpc) is 4.20. The molecule has 16 aromatic rings. The van der Waals surface area contributed by atoms with E-state index in [1.807, 2.05) is 30.3 Å². The summed E-state index contributed by atoms with van der Waals surface area (Å²) in [5, 5.41) is 13.4. The maximum atomic E-state index is 7.07. The van der Waals surface area contributed by atoms with Crippen LogP contribution in [0.1, 0.15) is 0 Å². The molecule has 0 unspecified atom stereocenters. The Labute approximate surface area is 410 Å². The summed E-state index contributed by atoms with van der Waals surface area (Å²) in [6.45, 7) is 0. The number of rotatable bonds is 5. The van der Waals surface area contributed by atoms with Gasteiger partial charge >= 0.3 is 0 Å². The van der Waals surface area contributed by atoms with Crippen LogP contribution in [-0.4, -0.2) is 24.1 Å². The van der Waals surface area contributed by atoms with Crippen LogP contribution in [0.4, 0.5) is 0 Å². The van der Waals surface area contributed by atoms with Crippen LogP contribution in [0.5, 0.6) is 0 Å². The van der Waals surface area contributed by atoms with E-state index in [0.29, 0.717) is 17.5 Å². The molecule has 5 heterocycles. The van der Waals surface area contributed by atoms with Crippen molar-refractivity contribution in [1.82, 2.24) is 24.1 Å². The van der Waals surface area contributed by atoms with Crippen molar-refractivity contribution in [3.05, 3.63) is 224 Å². The maximum absolute atomic E-state index is 7.07. The van der Waals surface area contributed by atoms with Crippen molar-refractivity contribution >= 4 is 109 Å². The molecule has 0 radical (unpaired) electrons. The van der Waals surface area contributed by atoms with E-state index in [-0.39, 0.29) is 0 Å². The molecular formula is C65H37N5O2. The van der Waals surface area contributed by atoms with Gasteiger partial charge in [0.15, 0.2) is 23.1 Å². The zero-order valence-corrected chi connectivity index (χ0v) is 38.4. The molecule has 0 bridgehead atoms. The molecule has 11 aromatic carbocycles. The Balaban J connectivity index is 0.967. The maximum Gasteiger partial charge on any atom is 0.164 e. The highest BCUT2D eigenvalue weighted by Gasteiger charge is 2.25. The second-order valence-electron chi connectivity index (χ2n) is 18.7. The fraction of sp³-hybridized carbons (Fsp3) is 0. The lowest BCUT2D eigenvalue weighted by atomic mass is 10.0. The summed E-state index contributed by atoms with van der Waals surface area (Å²) in [5.74, 6) is 1.63. The Hall–Kier alpha value is -9.85. The molecule has 0 spiro atoms. The van der Waals surface area contributed by atoms with E-state index in [1.54, 1.807) is 0 Å². The molecule has 0 saturated heterocycles. The number of nitrogens with zero attached hydrogens (tertiary/aromatic N) is 5. The van der Waals surface area contributed by atoms with E-state index in [4.69, 9.17) is 23.8 Å². The van der Waals surface area contributed by atoms with E-state index < -0.39 is 0 Å². The molecule has 0 aliphatic carbocycles. The van der Waals surface area contributed by atoms with Gasteiger partial charge in [0.2, 0.25) is 0 Å². The van der Waals surface area contributed by atoms with Crippen molar-refractivity contribution in [3.63, 3.8) is 0 Å². The minimum Gasteiger partial charge on any atom is -0.456 e. The van der Waals surface area contributed by atoms with Gasteiger partial charge in [-0.25, -0.2) is 15.0 Å². The molecule has 334 valence electrons. The SMILES string of the molecule is c1ccc(-n2c3ccccc3c3cc(-c4nc(-c5ccc6c(c5)oc5ccccc56)nc(-c5ccc(-n6c7cc8ccccc8cc7c7c8ccccc8ccc76)c6oc7ccccc7c56)n4)ccc32)cc1. The Morgan fingerprint density at radius 3 is 1.75 bits per heavy atom. The number of para-hydroxylation sites is 4. The zero-order valence-electron chi connectivity index (χ0n) is 38.4. The van der Waals surface area contributed by atoms with Gasteiger partial charge in [-0.1, -0.05) is 133 Å². The summed E-state index contributed by atoms with van der Waals surface area (Å²) >= 11 is 0. The van der Waals surface area contributed by atoms with Crippen LogP contribution in [0.25, 0.3) is 155 Å². The van der Waals surface area contributed by atoms with Crippen LogP contribution in [0.2, 0.25) is 0 Å². The smallest absolute Gasteiger partial charge is 0.164 e. The molecule has 0 aliphatic rings. The second kappa shape index (κ2) is 14.8. The van der Waals surface area contributed by atoms with Crippen molar-refractivity contribution in [2.45, 2.75) is 0 Å². The fourth-order valence-corrected chi connectivity index (χ4v) is 11.5. The topological polar surface area (TPSA) is 74.8 Å². The molecule has 7 heteroatoms. The first-order chi connectivity index (χ1) is 35.7. The highest BCUT2D eigenvalue weighted by Crippen LogP contribution is 2.45. The third-order valence-electron chi connectivity index (χ3n) is 14.7. The Kier molecular flexibility index (Phi) is 8.04. The molecule has 0 fully saturated rings. The highest BCUT2D eigenvalue weighted by atomic mass is 16.3. The van der Waals surface area contributed by atoms with Gasteiger partial charge in [0.1, 0.15) is 16.7 Å². The predicted octanol–water partition coefficient (Wildman–Crippen LogP) is 17.2. The van der Waals surface area contributed by atoms with Crippen LogP contribution in [0.15, 0.2) is 233 Å². The van der Waals surface area contributed by atoms with Gasteiger partial charge in [-0.2, -0.15) is 0 Å². The number of benzene rings is 11. The van der Waals surface area contributed by atoms with Gasteiger partial charge < -0.3 is 18.0 Å². The molecule has 0 N–H and O–H groups in total. The molecule has 72 heavy (non-hydrogen) atoms. The second-order valence-corrected chi connectivity index (χ2v) is 18.7. The summed E-state index contributed by atoms with van der Waals surface area (Å²) < 4.78 is 18.2. The van der Waals surface area contributed by atoms with Gasteiger partial charge in [0.05, 0.1) is 27.8 Å². The number of hydrogen-bond donors (Lipinski definition) is 0. The molecule has 0 amide bonds. The van der Waals surface area contributed by atoms with Crippen LogP contribution >= 0.6 is 0 Å². The number of fused-ring (bicyclic) bond motifs is 15. The molecule has 0 atom stereocenters. The van der Waals surface area contributed by atoms with Gasteiger partial charge in [-0.05, 0) is 113 Å². The fourth-order valence-electron chi connectivity index (χ4n) is 11.5. The van der Waals surface area contributed by atoms with E-state index in [2.05, 4.69) is 203 Å². The number of aromatic nitrogens is 5. The average molecular weight is 920 g/mol. The van der Waals surface area contributed by atoms with Gasteiger partial charge in [-0.15, -0.1) is 0 Å². The summed E-state index contributed by atoms with van der Waals surface area (Å²) in [4.78, 5) is 16.2. The summed E-state index contributed by atoms with van der Waals surface area (Å²) in [6.07, 6.45) is 0. The number of furan rings is 2. The Bertz CT molecular complexity index is 4940. The van der Waals surface area contributed by atoms with Crippen LogP contribution in [-0.2, 0) is 0 Å². The standard InChI is InChI=1S/C65H37N5O2/c1-2-17-43(18-3-1)69-52-23-11-8-20-45(52)50-35-41(28-31-53(50)69)63-66-64(42-26-29-47-46-21-9-12-24-57(46)71-59(47)37-42)68-65(67-63)49-30-33-55(62-61(49)48-22-10-13-25-58(48)72-62)70-54-32-27-38-14-6-7-19-44(38)60(54)51-34-39-15-4-5-16-40(39)36-56(51)70/h1-37H. The third kappa shape index (κ3) is 5.64. The quantitative estimate of drug-likeness (QED) is 0.172. The Morgan fingerprint density at radius 2 is 0.917 bits per heavy atom. The van der Waals surface area contributed by atoms with Crippen molar-refractivity contribution in [1.29, 1.82) is 0 Å². The van der Waals surface area contributed by atoms with E-state index >= 15 is 0 Å². The summed E-state index contributed by atoms with van der Waals surface area (Å²) in [7, 11) is 0. The zero-order chi connectivity index (χ0) is 47.0. The summed E-state index contributed by atoms with van der Waals surface area (Å²) in [5.41, 5.74) is 12.1. The third-order valence-corrected chi connectivity index (χ3v) is 14.7. The predicted molar refractivity (Wildman–Crippen MR) is 294 cm³/mol. The summed E-state index contributed by atoms with van der Waals surface area (Å²) in [6, 6.07) is 79.1. The monoisotopic (exact) mass is 919 g/mol. The van der Waals surface area contributed by atoms with Crippen LogP contribution < -0.4 is 0 Å². The molecule has 16 rings (SSSR count). The van der Waals surface area contributed by atoms with E-state index in [1.165, 1.54) is 32.3 Å². The normalized spacial score (nSPS) is 12.2. The lowest BCUT2D eigenvalue weighted by Gasteiger charge is -2.13. The van der Waals surface area contributed by atoms with Gasteiger partial charge in [0, 0.05) is 65.5 Å². The first kappa shape index (κ1) is 39.0. The molecule has 0 aliphatic heterocycles. The van der Waals surface area contributed by atoms with Crippen molar-refractivity contribution < 1.29 is 8.83 Å². The van der Waals surface area contributed by atoms with Crippen molar-refractivity contribution in [2.24, 2.45) is 0 Å². The minimum absolute atomic E-state index is 0.536. The lowest BCUT2D eigenvalue weighted by molar-refractivity contribution is 0.666. The van der Waals surface area contributed by atoms with E-state index in [0.717, 1.165) is 105 Å². The van der Waals surface area contributed by atoms with Crippen molar-refractivity contribution in [2.75, 3.05) is 0 Å². The largest absolute Gasteiger partial charge is 0.456 e. The molecule has 0 saturated carbocycles. The van der Waals surface area contributed by atoms with Crippen LogP contribution in [0.3, 0.4) is 0 Å². The molecular weight excluding hydrogens is 883 g/mol. The Morgan fingerprint density at radius 1 is 0.306 bits per heavy atom. The van der Waals surface area contributed by atoms with E-state index in [9.17, 15) is 0 Å². The van der Waals surface area contributed by atoms with Crippen molar-refractivity contribution in [3.8, 4) is 45.5 Å². The molecule has 7 nitrogen and oxygen atoms in total. The highest BCUT2D eigenvalue weighted by molar-refractivity contribution is 6.24. The minimum atomic E-state index is 0.536. The van der Waals surface area contributed by atoms with Crippen LogP contribution in [0, 0.1) is 0 Å². The first-order valence-corrected chi connectivity index (χ1v) is 24.2. The number of hydrogen-bond acceptors (Lipinski definition) is 5.